The number of aliphatic hydroxyl groups is 1. The number of hydrogen-bond acceptors (Lipinski definition) is 2. The maximum absolute atomic E-state index is 10.0. The SMILES string of the molecule is Cc1ncc(C2(O)CCC2)n1C. The molecule has 0 radical (unpaired) electrons. The molecule has 0 amide bonds. The maximum atomic E-state index is 10.0. The van der Waals surface area contributed by atoms with Crippen LogP contribution in [0.3, 0.4) is 0 Å². The highest BCUT2D eigenvalue weighted by Gasteiger charge is 2.38. The Kier molecular flexibility index (Phi) is 1.51. The van der Waals surface area contributed by atoms with Crippen molar-refractivity contribution in [2.24, 2.45) is 7.05 Å². The van der Waals surface area contributed by atoms with Crippen molar-refractivity contribution in [3.8, 4) is 0 Å². The summed E-state index contributed by atoms with van der Waals surface area (Å²) in [5.41, 5.74) is 0.391. The van der Waals surface area contributed by atoms with E-state index in [1.807, 2.05) is 18.5 Å². The lowest BCUT2D eigenvalue weighted by molar-refractivity contribution is -0.0450. The smallest absolute Gasteiger partial charge is 0.106 e. The molecule has 66 valence electrons. The molecular formula is C9H14N2O. The lowest BCUT2D eigenvalue weighted by Gasteiger charge is -2.36. The number of aryl methyl sites for hydroxylation is 1. The molecule has 1 N–H and O–H groups in total. The summed E-state index contributed by atoms with van der Waals surface area (Å²) in [5.74, 6) is 0.963. The molecule has 1 aliphatic carbocycles. The van der Waals surface area contributed by atoms with Crippen LogP contribution in [0.15, 0.2) is 6.20 Å². The van der Waals surface area contributed by atoms with Gasteiger partial charge in [0.15, 0.2) is 0 Å². The molecular weight excluding hydrogens is 152 g/mol. The molecule has 1 aliphatic rings. The van der Waals surface area contributed by atoms with Gasteiger partial charge in [0.05, 0.1) is 11.9 Å². The average Bonchev–Trinajstić information content (AvgIpc) is 2.29. The van der Waals surface area contributed by atoms with E-state index in [0.29, 0.717) is 0 Å². The van der Waals surface area contributed by atoms with Gasteiger partial charge in [-0.3, -0.25) is 0 Å². The first kappa shape index (κ1) is 7.80. The lowest BCUT2D eigenvalue weighted by atomic mass is 9.78. The molecule has 1 heterocycles. The molecule has 12 heavy (non-hydrogen) atoms. The molecule has 0 atom stereocenters. The molecule has 1 aromatic heterocycles. The van der Waals surface area contributed by atoms with E-state index in [4.69, 9.17) is 0 Å². The zero-order valence-electron chi connectivity index (χ0n) is 7.54. The van der Waals surface area contributed by atoms with Gasteiger partial charge in [0, 0.05) is 7.05 Å². The molecule has 1 aromatic rings. The summed E-state index contributed by atoms with van der Waals surface area (Å²) in [6.07, 6.45) is 4.67. The van der Waals surface area contributed by atoms with Crippen molar-refractivity contribution in [2.75, 3.05) is 0 Å². The Hall–Kier alpha value is -0.830. The first-order chi connectivity index (χ1) is 5.63. The number of hydrogen-bond donors (Lipinski definition) is 1. The quantitative estimate of drug-likeness (QED) is 0.678. The molecule has 1 fully saturated rings. The van der Waals surface area contributed by atoms with E-state index < -0.39 is 5.60 Å². The van der Waals surface area contributed by atoms with E-state index in [1.54, 1.807) is 6.20 Å². The minimum Gasteiger partial charge on any atom is -0.384 e. The van der Waals surface area contributed by atoms with Crippen molar-refractivity contribution in [3.63, 3.8) is 0 Å². The average molecular weight is 166 g/mol. The van der Waals surface area contributed by atoms with Crippen LogP contribution in [-0.2, 0) is 12.6 Å². The predicted octanol–water partition coefficient (Wildman–Crippen LogP) is 1.10. The van der Waals surface area contributed by atoms with Gasteiger partial charge in [0.2, 0.25) is 0 Å². The zero-order chi connectivity index (χ0) is 8.77. The molecule has 0 saturated heterocycles. The van der Waals surface area contributed by atoms with Gasteiger partial charge in [-0.05, 0) is 26.2 Å². The summed E-state index contributed by atoms with van der Waals surface area (Å²) < 4.78 is 1.97. The Balaban J connectivity index is 2.39. The summed E-state index contributed by atoms with van der Waals surface area (Å²) in [6, 6.07) is 0. The Morgan fingerprint density at radius 1 is 1.58 bits per heavy atom. The number of aromatic nitrogens is 2. The number of rotatable bonds is 1. The molecule has 1 saturated carbocycles. The summed E-state index contributed by atoms with van der Waals surface area (Å²) >= 11 is 0. The van der Waals surface area contributed by atoms with Crippen LogP contribution in [-0.4, -0.2) is 14.7 Å². The monoisotopic (exact) mass is 166 g/mol. The highest BCUT2D eigenvalue weighted by molar-refractivity contribution is 5.16. The zero-order valence-corrected chi connectivity index (χ0v) is 7.54. The molecule has 0 bridgehead atoms. The van der Waals surface area contributed by atoms with Crippen molar-refractivity contribution in [1.29, 1.82) is 0 Å². The predicted molar refractivity (Wildman–Crippen MR) is 45.7 cm³/mol. The van der Waals surface area contributed by atoms with Crippen LogP contribution >= 0.6 is 0 Å². The van der Waals surface area contributed by atoms with E-state index in [0.717, 1.165) is 30.8 Å². The van der Waals surface area contributed by atoms with Crippen LogP contribution in [0.25, 0.3) is 0 Å². The molecule has 0 aliphatic heterocycles. The second-order valence-corrected chi connectivity index (χ2v) is 3.63. The van der Waals surface area contributed by atoms with Gasteiger partial charge >= 0.3 is 0 Å². The van der Waals surface area contributed by atoms with Gasteiger partial charge in [0.25, 0.3) is 0 Å². The van der Waals surface area contributed by atoms with Crippen molar-refractivity contribution in [3.05, 3.63) is 17.7 Å². The Labute approximate surface area is 72.0 Å². The van der Waals surface area contributed by atoms with E-state index in [9.17, 15) is 5.11 Å². The van der Waals surface area contributed by atoms with Crippen LogP contribution < -0.4 is 0 Å². The third-order valence-electron chi connectivity index (χ3n) is 2.88. The number of imidazole rings is 1. The van der Waals surface area contributed by atoms with Crippen molar-refractivity contribution >= 4 is 0 Å². The fourth-order valence-corrected chi connectivity index (χ4v) is 1.70. The van der Waals surface area contributed by atoms with Gasteiger partial charge in [-0.1, -0.05) is 0 Å². The molecule has 0 unspecified atom stereocenters. The van der Waals surface area contributed by atoms with Crippen LogP contribution in [0, 0.1) is 6.92 Å². The second-order valence-electron chi connectivity index (χ2n) is 3.63. The Bertz CT molecular complexity index is 299. The first-order valence-electron chi connectivity index (χ1n) is 4.35. The topological polar surface area (TPSA) is 38.1 Å². The standard InChI is InChI=1S/C9H14N2O/c1-7-10-6-8(11(7)2)9(12)4-3-5-9/h6,12H,3-5H2,1-2H3. The van der Waals surface area contributed by atoms with Gasteiger partial charge in [-0.15, -0.1) is 0 Å². The van der Waals surface area contributed by atoms with E-state index >= 15 is 0 Å². The largest absolute Gasteiger partial charge is 0.384 e. The number of nitrogens with zero attached hydrogens (tertiary/aromatic N) is 2. The molecule has 2 rings (SSSR count). The van der Waals surface area contributed by atoms with Crippen LogP contribution in [0.5, 0.6) is 0 Å². The minimum atomic E-state index is -0.573. The van der Waals surface area contributed by atoms with E-state index in [-0.39, 0.29) is 0 Å². The van der Waals surface area contributed by atoms with Crippen LogP contribution in [0.1, 0.15) is 30.8 Å². The Morgan fingerprint density at radius 3 is 2.58 bits per heavy atom. The highest BCUT2D eigenvalue weighted by Crippen LogP contribution is 2.40. The van der Waals surface area contributed by atoms with Crippen LogP contribution in [0.2, 0.25) is 0 Å². The summed E-state index contributed by atoms with van der Waals surface area (Å²) in [6.45, 7) is 1.95. The van der Waals surface area contributed by atoms with E-state index in [2.05, 4.69) is 4.98 Å². The highest BCUT2D eigenvalue weighted by atomic mass is 16.3. The molecule has 0 aromatic carbocycles. The minimum absolute atomic E-state index is 0.573. The summed E-state index contributed by atoms with van der Waals surface area (Å²) in [4.78, 5) is 4.17. The maximum Gasteiger partial charge on any atom is 0.106 e. The third kappa shape index (κ3) is 0.894. The van der Waals surface area contributed by atoms with Crippen molar-refractivity contribution < 1.29 is 5.11 Å². The van der Waals surface area contributed by atoms with Gasteiger partial charge in [-0.25, -0.2) is 4.98 Å². The normalized spacial score (nSPS) is 20.6. The third-order valence-corrected chi connectivity index (χ3v) is 2.88. The summed E-state index contributed by atoms with van der Waals surface area (Å²) in [5, 5.41) is 10.0. The van der Waals surface area contributed by atoms with Crippen molar-refractivity contribution in [1.82, 2.24) is 9.55 Å². The van der Waals surface area contributed by atoms with Gasteiger partial charge in [0.1, 0.15) is 11.4 Å². The van der Waals surface area contributed by atoms with Crippen LogP contribution in [0.4, 0.5) is 0 Å². The van der Waals surface area contributed by atoms with Gasteiger partial charge in [-0.2, -0.15) is 0 Å². The van der Waals surface area contributed by atoms with Crippen molar-refractivity contribution in [2.45, 2.75) is 31.8 Å². The lowest BCUT2D eigenvalue weighted by Crippen LogP contribution is -2.35. The fourth-order valence-electron chi connectivity index (χ4n) is 1.70. The molecule has 3 nitrogen and oxygen atoms in total. The molecule has 0 spiro atoms. The fraction of sp³-hybridized carbons (Fsp3) is 0.667. The summed E-state index contributed by atoms with van der Waals surface area (Å²) in [7, 11) is 1.95. The molecule has 3 heteroatoms. The Morgan fingerprint density at radius 2 is 2.25 bits per heavy atom. The second kappa shape index (κ2) is 2.33. The van der Waals surface area contributed by atoms with Gasteiger partial charge < -0.3 is 9.67 Å². The van der Waals surface area contributed by atoms with E-state index in [1.165, 1.54) is 0 Å². The first-order valence-corrected chi connectivity index (χ1v) is 4.35.